The van der Waals surface area contributed by atoms with Crippen molar-refractivity contribution >= 4 is 0 Å². The highest BCUT2D eigenvalue weighted by Gasteiger charge is 2.25. The Morgan fingerprint density at radius 2 is 2.11 bits per heavy atom. The molecule has 2 nitrogen and oxygen atoms in total. The summed E-state index contributed by atoms with van der Waals surface area (Å²) in [7, 11) is 2.32. The quantitative estimate of drug-likeness (QED) is 0.896. The number of rotatable bonds is 3. The monoisotopic (exact) mass is 258 g/mol. The fourth-order valence-electron chi connectivity index (χ4n) is 3.80. The minimum Gasteiger partial charge on any atom is -0.316 e. The van der Waals surface area contributed by atoms with Gasteiger partial charge in [0.05, 0.1) is 0 Å². The van der Waals surface area contributed by atoms with E-state index in [-0.39, 0.29) is 0 Å². The van der Waals surface area contributed by atoms with Crippen LogP contribution >= 0.6 is 0 Å². The lowest BCUT2D eigenvalue weighted by atomic mass is 9.86. The van der Waals surface area contributed by atoms with E-state index in [1.165, 1.54) is 51.7 Å². The molecule has 1 aliphatic heterocycles. The number of hydrogen-bond donors (Lipinski definition) is 1. The predicted octanol–water partition coefficient (Wildman–Crippen LogP) is 3.00. The molecule has 2 unspecified atom stereocenters. The Morgan fingerprint density at radius 1 is 1.21 bits per heavy atom. The highest BCUT2D eigenvalue weighted by molar-refractivity contribution is 5.32. The summed E-state index contributed by atoms with van der Waals surface area (Å²) in [5.74, 6) is 0.841. The molecule has 0 amide bonds. The van der Waals surface area contributed by atoms with E-state index in [9.17, 15) is 0 Å². The van der Waals surface area contributed by atoms with Crippen molar-refractivity contribution in [2.75, 3.05) is 26.7 Å². The SMILES string of the molecule is CN(CC1CCCNC1)C1CCCc2ccccc21. The molecular weight excluding hydrogens is 232 g/mol. The van der Waals surface area contributed by atoms with Crippen LogP contribution in [-0.4, -0.2) is 31.6 Å². The van der Waals surface area contributed by atoms with Gasteiger partial charge in [0, 0.05) is 12.6 Å². The van der Waals surface area contributed by atoms with E-state index in [2.05, 4.69) is 41.5 Å². The molecule has 1 fully saturated rings. The maximum atomic E-state index is 3.54. The largest absolute Gasteiger partial charge is 0.316 e. The predicted molar refractivity (Wildman–Crippen MR) is 80.3 cm³/mol. The Bertz CT molecular complexity index is 409. The molecule has 1 N–H and O–H groups in total. The van der Waals surface area contributed by atoms with Crippen LogP contribution in [0.1, 0.15) is 42.9 Å². The lowest BCUT2D eigenvalue weighted by Gasteiger charge is -2.36. The van der Waals surface area contributed by atoms with Gasteiger partial charge in [0.25, 0.3) is 0 Å². The molecular formula is C17H26N2. The van der Waals surface area contributed by atoms with Gasteiger partial charge in [0.2, 0.25) is 0 Å². The van der Waals surface area contributed by atoms with Crippen molar-refractivity contribution in [1.82, 2.24) is 10.2 Å². The van der Waals surface area contributed by atoms with E-state index < -0.39 is 0 Å². The number of benzene rings is 1. The molecule has 1 saturated heterocycles. The van der Waals surface area contributed by atoms with Crippen molar-refractivity contribution in [2.45, 2.75) is 38.1 Å². The summed E-state index contributed by atoms with van der Waals surface area (Å²) in [6.07, 6.45) is 6.68. The second-order valence-electron chi connectivity index (χ2n) is 6.26. The zero-order valence-corrected chi connectivity index (χ0v) is 12.1. The number of nitrogens with one attached hydrogen (secondary N) is 1. The maximum absolute atomic E-state index is 3.54. The molecule has 19 heavy (non-hydrogen) atoms. The smallest absolute Gasteiger partial charge is 0.0348 e. The van der Waals surface area contributed by atoms with E-state index in [1.807, 2.05) is 0 Å². The second kappa shape index (κ2) is 6.06. The van der Waals surface area contributed by atoms with Gasteiger partial charge in [0.1, 0.15) is 0 Å². The van der Waals surface area contributed by atoms with Crippen LogP contribution in [0.25, 0.3) is 0 Å². The van der Waals surface area contributed by atoms with Crippen molar-refractivity contribution < 1.29 is 0 Å². The Balaban J connectivity index is 1.68. The summed E-state index contributed by atoms with van der Waals surface area (Å²) in [6.45, 7) is 3.66. The van der Waals surface area contributed by atoms with Crippen LogP contribution in [0, 0.1) is 5.92 Å². The van der Waals surface area contributed by atoms with Gasteiger partial charge < -0.3 is 5.32 Å². The Morgan fingerprint density at radius 3 is 2.95 bits per heavy atom. The van der Waals surface area contributed by atoms with E-state index in [4.69, 9.17) is 0 Å². The molecule has 0 bridgehead atoms. The lowest BCUT2D eigenvalue weighted by molar-refractivity contribution is 0.174. The van der Waals surface area contributed by atoms with Gasteiger partial charge in [-0.2, -0.15) is 0 Å². The lowest BCUT2D eigenvalue weighted by Crippen LogP contribution is -2.38. The standard InChI is InChI=1S/C17H26N2/c1-19(13-14-6-5-11-18-12-14)17-10-4-8-15-7-2-3-9-16(15)17/h2-3,7,9,14,17-18H,4-6,8,10-13H2,1H3. The minimum atomic E-state index is 0.645. The summed E-state index contributed by atoms with van der Waals surface area (Å²) in [5.41, 5.74) is 3.16. The fourth-order valence-corrected chi connectivity index (χ4v) is 3.80. The Hall–Kier alpha value is -0.860. The molecule has 1 aromatic carbocycles. The van der Waals surface area contributed by atoms with E-state index >= 15 is 0 Å². The van der Waals surface area contributed by atoms with Crippen LogP contribution in [0.3, 0.4) is 0 Å². The molecule has 104 valence electrons. The molecule has 3 rings (SSSR count). The van der Waals surface area contributed by atoms with E-state index in [0.29, 0.717) is 6.04 Å². The summed E-state index contributed by atoms with van der Waals surface area (Å²) < 4.78 is 0. The summed E-state index contributed by atoms with van der Waals surface area (Å²) in [4.78, 5) is 2.61. The molecule has 1 aliphatic carbocycles. The van der Waals surface area contributed by atoms with Crippen LogP contribution in [0.5, 0.6) is 0 Å². The highest BCUT2D eigenvalue weighted by atomic mass is 15.1. The first-order valence-corrected chi connectivity index (χ1v) is 7.83. The third-order valence-corrected chi connectivity index (χ3v) is 4.81. The van der Waals surface area contributed by atoms with Crippen LogP contribution in [0.4, 0.5) is 0 Å². The van der Waals surface area contributed by atoms with Crippen molar-refractivity contribution in [3.8, 4) is 0 Å². The van der Waals surface area contributed by atoms with Crippen LogP contribution < -0.4 is 5.32 Å². The van der Waals surface area contributed by atoms with Crippen LogP contribution in [0.15, 0.2) is 24.3 Å². The first-order valence-electron chi connectivity index (χ1n) is 7.83. The minimum absolute atomic E-state index is 0.645. The van der Waals surface area contributed by atoms with E-state index in [1.54, 1.807) is 11.1 Å². The molecule has 1 aromatic rings. The normalized spacial score (nSPS) is 27.3. The molecule has 0 saturated carbocycles. The molecule has 0 radical (unpaired) electrons. The number of aryl methyl sites for hydroxylation is 1. The Kier molecular flexibility index (Phi) is 4.19. The fraction of sp³-hybridized carbons (Fsp3) is 0.647. The van der Waals surface area contributed by atoms with Gasteiger partial charge in [-0.1, -0.05) is 24.3 Å². The van der Waals surface area contributed by atoms with Crippen molar-refractivity contribution in [2.24, 2.45) is 5.92 Å². The van der Waals surface area contributed by atoms with Crippen LogP contribution in [-0.2, 0) is 6.42 Å². The van der Waals surface area contributed by atoms with E-state index in [0.717, 1.165) is 5.92 Å². The van der Waals surface area contributed by atoms with Crippen molar-refractivity contribution in [3.05, 3.63) is 35.4 Å². The Labute approximate surface area is 117 Å². The summed E-state index contributed by atoms with van der Waals surface area (Å²) in [5, 5.41) is 3.54. The third-order valence-electron chi connectivity index (χ3n) is 4.81. The van der Waals surface area contributed by atoms with Gasteiger partial charge in [-0.05, 0) is 69.3 Å². The van der Waals surface area contributed by atoms with Crippen molar-refractivity contribution in [3.63, 3.8) is 0 Å². The molecule has 0 aromatic heterocycles. The number of piperidine rings is 1. The van der Waals surface area contributed by atoms with Gasteiger partial charge in [-0.3, -0.25) is 4.90 Å². The van der Waals surface area contributed by atoms with Gasteiger partial charge in [0.15, 0.2) is 0 Å². The average molecular weight is 258 g/mol. The third kappa shape index (κ3) is 3.01. The van der Waals surface area contributed by atoms with Crippen LogP contribution in [0.2, 0.25) is 0 Å². The topological polar surface area (TPSA) is 15.3 Å². The summed E-state index contributed by atoms with van der Waals surface area (Å²) in [6, 6.07) is 9.69. The second-order valence-corrected chi connectivity index (χ2v) is 6.26. The average Bonchev–Trinajstić information content (AvgIpc) is 2.47. The maximum Gasteiger partial charge on any atom is 0.0348 e. The van der Waals surface area contributed by atoms with Gasteiger partial charge in [-0.25, -0.2) is 0 Å². The number of hydrogen-bond acceptors (Lipinski definition) is 2. The summed E-state index contributed by atoms with van der Waals surface area (Å²) >= 11 is 0. The van der Waals surface area contributed by atoms with Gasteiger partial charge >= 0.3 is 0 Å². The first-order chi connectivity index (χ1) is 9.34. The number of nitrogens with zero attached hydrogens (tertiary/aromatic N) is 1. The van der Waals surface area contributed by atoms with Crippen molar-refractivity contribution in [1.29, 1.82) is 0 Å². The molecule has 2 heteroatoms. The van der Waals surface area contributed by atoms with Gasteiger partial charge in [-0.15, -0.1) is 0 Å². The highest BCUT2D eigenvalue weighted by Crippen LogP contribution is 2.34. The zero-order chi connectivity index (χ0) is 13.1. The molecule has 1 heterocycles. The molecule has 2 atom stereocenters. The first kappa shape index (κ1) is 13.1. The molecule has 0 spiro atoms. The number of fused-ring (bicyclic) bond motifs is 1. The zero-order valence-electron chi connectivity index (χ0n) is 12.1. The molecule has 2 aliphatic rings.